The van der Waals surface area contributed by atoms with E-state index in [4.69, 9.17) is 74.5 Å². The van der Waals surface area contributed by atoms with Gasteiger partial charge in [0.05, 0.1) is 88.0 Å². The van der Waals surface area contributed by atoms with E-state index in [0.717, 1.165) is 76.9 Å². The number of aromatic nitrogens is 7. The van der Waals surface area contributed by atoms with Crippen molar-refractivity contribution in [3.8, 4) is 22.6 Å². The Kier molecular flexibility index (Phi) is 20.7. The standard InChI is InChI=1S/C25H18ClN2O2.C24H19ClN6O.C19H12Cl2N2O2.C17H16ClN2/c1-16(28-24(29)19-11-5-6-12-20(19)25(28)30)23-14-17-8-7-13-22(26)21(17)15-27(23)18-9-3-2-4-10-18;1-14(28-24(32)19-22(26)30-31-12-6-11-27-23(19)31)17-13-16-9-5-10-18(25)21(16)29-20(17)15-7-3-2-4-8-15;1-10(23-18(24)12-6-2-3-7-13(12)19(23)25)14-9-11-5-4-8-15(20)16(11)22-17(14)21;1-12(19)17-10-13-6-5-9-16(18)15(13)11-20(17)14-7-3-2-4-8-14/h2-16H,1H3;2-14H,1H3,(H2,26,30)(H,28,32);2-10H,1H3;2-12H,19H2,1H3/q+1;;;+1. The second-order valence-corrected chi connectivity index (χ2v) is 27.6. The third-order valence-corrected chi connectivity index (χ3v) is 20.4. The lowest BCUT2D eigenvalue weighted by molar-refractivity contribution is -0.605. The quantitative estimate of drug-likeness (QED) is 0.0628. The van der Waals surface area contributed by atoms with Gasteiger partial charge in [0.15, 0.2) is 23.9 Å². The number of imide groups is 2. The minimum atomic E-state index is -0.546. The Morgan fingerprint density at radius 2 is 0.897 bits per heavy atom. The van der Waals surface area contributed by atoms with E-state index in [-0.39, 0.29) is 58.2 Å². The highest BCUT2D eigenvalue weighted by atomic mass is 35.5. The fourth-order valence-electron chi connectivity index (χ4n) is 13.4. The van der Waals surface area contributed by atoms with Crippen LogP contribution in [0.5, 0.6) is 0 Å². The van der Waals surface area contributed by atoms with Gasteiger partial charge in [-0.25, -0.2) is 19.5 Å². The Bertz CT molecular complexity index is 5960. The summed E-state index contributed by atoms with van der Waals surface area (Å²) in [4.78, 5) is 80.7. The molecule has 0 saturated heterocycles. The molecule has 0 spiro atoms. The highest BCUT2D eigenvalue weighted by Gasteiger charge is 2.43. The summed E-state index contributed by atoms with van der Waals surface area (Å²) >= 11 is 31.7. The van der Waals surface area contributed by atoms with E-state index in [0.29, 0.717) is 59.6 Å². The maximum absolute atomic E-state index is 13.2. The molecule has 4 atom stereocenters. The molecule has 2 aliphatic rings. The number of hydrogen-bond acceptors (Lipinski definition) is 11. The van der Waals surface area contributed by atoms with Gasteiger partial charge in [-0.2, -0.15) is 9.13 Å². The second-order valence-electron chi connectivity index (χ2n) is 25.6. The average Bonchev–Trinajstić information content (AvgIpc) is 1.70. The molecule has 0 radical (unpaired) electrons. The third-order valence-electron chi connectivity index (χ3n) is 18.8. The summed E-state index contributed by atoms with van der Waals surface area (Å²) in [5.41, 5.74) is 22.9. The monoisotopic (exact) mass is 1510 g/mol. The van der Waals surface area contributed by atoms with Gasteiger partial charge in [0, 0.05) is 76.3 Å². The van der Waals surface area contributed by atoms with Crippen molar-refractivity contribution in [2.45, 2.75) is 51.9 Å². The second kappa shape index (κ2) is 30.7. The maximum Gasteiger partial charge on any atom is 0.262 e. The molecule has 17 nitrogen and oxygen atoms in total. The molecule has 0 saturated carbocycles. The number of benzene rings is 9. The normalized spacial score (nSPS) is 13.5. The van der Waals surface area contributed by atoms with Gasteiger partial charge in [-0.05, 0) is 105 Å². The van der Waals surface area contributed by atoms with Crippen molar-refractivity contribution in [1.82, 2.24) is 39.7 Å². The smallest absolute Gasteiger partial charge is 0.262 e. The van der Waals surface area contributed by atoms with E-state index in [1.807, 2.05) is 189 Å². The van der Waals surface area contributed by atoms with E-state index in [1.54, 1.807) is 80.0 Å². The number of halogens is 5. The SMILES string of the molecule is CC(N)c1cc2cccc(Cl)c2c[n+]1-c1ccccc1.CC(NC(=O)c1c(N)nn2cccnc12)c1cc2cccc(Cl)c2nc1-c1ccccc1.CC(c1cc2cccc(Cl)c2c[n+]1-c1ccccc1)N1C(=O)c2ccccc2C1=O.CC(c1cc2cccc(Cl)c2nc1Cl)N1C(=O)c2ccccc2C1=O. The van der Waals surface area contributed by atoms with Crippen LogP contribution < -0.4 is 25.9 Å². The first-order valence-electron chi connectivity index (χ1n) is 34.1. The lowest BCUT2D eigenvalue weighted by Gasteiger charge is -2.23. The van der Waals surface area contributed by atoms with Crippen LogP contribution in [0.25, 0.3) is 71.6 Å². The van der Waals surface area contributed by atoms with Crippen molar-refractivity contribution >= 4 is 142 Å². The molecule has 9 aromatic carbocycles. The molecule has 22 heteroatoms. The number of nitrogens with one attached hydrogen (secondary N) is 1. The molecule has 17 rings (SSSR count). The minimum Gasteiger partial charge on any atom is -0.381 e. The predicted octanol–water partition coefficient (Wildman–Crippen LogP) is 18.5. The van der Waals surface area contributed by atoms with E-state index in [2.05, 4.69) is 55.4 Å². The molecule has 4 unspecified atom stereocenters. The molecule has 5 N–H and O–H groups in total. The summed E-state index contributed by atoms with van der Waals surface area (Å²) in [6.07, 6.45) is 7.33. The highest BCUT2D eigenvalue weighted by Crippen LogP contribution is 2.39. The van der Waals surface area contributed by atoms with E-state index in [1.165, 1.54) is 14.3 Å². The molecule has 6 aromatic heterocycles. The van der Waals surface area contributed by atoms with Crippen molar-refractivity contribution in [1.29, 1.82) is 0 Å². The number of fused-ring (bicyclic) bond motifs is 7. The fourth-order valence-corrected chi connectivity index (χ4v) is 14.6. The summed E-state index contributed by atoms with van der Waals surface area (Å²) in [5.74, 6) is -1.41. The van der Waals surface area contributed by atoms with E-state index < -0.39 is 12.1 Å². The number of anilines is 1. The minimum absolute atomic E-state index is 0.0569. The average molecular weight is 1510 g/mol. The molecule has 0 bridgehead atoms. The van der Waals surface area contributed by atoms with E-state index in [9.17, 15) is 24.0 Å². The molecule has 0 fully saturated rings. The first kappa shape index (κ1) is 72.2. The van der Waals surface area contributed by atoms with Crippen molar-refractivity contribution in [2.75, 3.05) is 5.73 Å². The zero-order valence-electron chi connectivity index (χ0n) is 57.8. The highest BCUT2D eigenvalue weighted by molar-refractivity contribution is 6.37. The number of para-hydroxylation sites is 4. The van der Waals surface area contributed by atoms with Crippen molar-refractivity contribution < 1.29 is 33.1 Å². The predicted molar refractivity (Wildman–Crippen MR) is 422 cm³/mol. The molecular formula is C85H65Cl5N12O5+2. The third kappa shape index (κ3) is 14.2. The largest absolute Gasteiger partial charge is 0.381 e. The van der Waals surface area contributed by atoms with Gasteiger partial charge < -0.3 is 16.8 Å². The number of hydrogen-bond donors (Lipinski definition) is 3. The molecule has 0 aliphatic carbocycles. The van der Waals surface area contributed by atoms with Crippen LogP contribution in [-0.2, 0) is 0 Å². The molecule has 15 aromatic rings. The van der Waals surface area contributed by atoms with Gasteiger partial charge in [-0.1, -0.05) is 198 Å². The number of rotatable bonds is 11. The Balaban J connectivity index is 0.000000121. The van der Waals surface area contributed by atoms with Crippen molar-refractivity contribution in [2.24, 2.45) is 5.73 Å². The topological polar surface area (TPSA) is 220 Å². The van der Waals surface area contributed by atoms with Gasteiger partial charge >= 0.3 is 0 Å². The van der Waals surface area contributed by atoms with Gasteiger partial charge in [0.2, 0.25) is 22.8 Å². The Morgan fingerprint density at radius 1 is 0.467 bits per heavy atom. The molecule has 5 amide bonds. The molecule has 2 aliphatic heterocycles. The summed E-state index contributed by atoms with van der Waals surface area (Å²) in [7, 11) is 0. The Labute approximate surface area is 639 Å². The van der Waals surface area contributed by atoms with Crippen LogP contribution in [0, 0.1) is 0 Å². The Hall–Kier alpha value is -11.8. The number of pyridine rings is 4. The number of nitrogens with two attached hydrogens (primary N) is 2. The molecule has 8 heterocycles. The summed E-state index contributed by atoms with van der Waals surface area (Å²) in [6, 6.07) is 74.5. The molecule has 528 valence electrons. The zero-order chi connectivity index (χ0) is 74.9. The van der Waals surface area contributed by atoms with E-state index >= 15 is 0 Å². The van der Waals surface area contributed by atoms with Gasteiger partial charge in [0.1, 0.15) is 16.8 Å². The Morgan fingerprint density at radius 3 is 1.40 bits per heavy atom. The number of nitrogens with zero attached hydrogens (tertiary/aromatic N) is 9. The lowest BCUT2D eigenvalue weighted by atomic mass is 9.98. The van der Waals surface area contributed by atoms with Crippen LogP contribution in [0.3, 0.4) is 0 Å². The van der Waals surface area contributed by atoms with Gasteiger partial charge in [-0.15, -0.1) is 5.10 Å². The fraction of sp³-hybridized carbons (Fsp3) is 0.0941. The summed E-state index contributed by atoms with van der Waals surface area (Å²) < 4.78 is 5.60. The maximum atomic E-state index is 13.2. The van der Waals surface area contributed by atoms with Crippen LogP contribution in [0.15, 0.2) is 267 Å². The first-order valence-corrected chi connectivity index (χ1v) is 36.0. The summed E-state index contributed by atoms with van der Waals surface area (Å²) in [6.45, 7) is 7.55. The van der Waals surface area contributed by atoms with Crippen LogP contribution in [0.4, 0.5) is 5.82 Å². The van der Waals surface area contributed by atoms with Crippen LogP contribution in [0.2, 0.25) is 25.2 Å². The zero-order valence-corrected chi connectivity index (χ0v) is 61.6. The number of nitrogen functional groups attached to an aromatic ring is 1. The lowest BCUT2D eigenvalue weighted by Crippen LogP contribution is -2.42. The molecular weight excluding hydrogens is 1450 g/mol. The summed E-state index contributed by atoms with van der Waals surface area (Å²) in [5, 5.41) is 15.6. The number of carbonyl (C=O) groups is 5. The molecule has 107 heavy (non-hydrogen) atoms. The number of carbonyl (C=O) groups excluding carboxylic acids is 5. The van der Waals surface area contributed by atoms with Gasteiger partial charge in [-0.3, -0.25) is 33.8 Å². The van der Waals surface area contributed by atoms with Crippen LogP contribution in [-0.4, -0.2) is 63.9 Å². The number of amides is 5. The van der Waals surface area contributed by atoms with Crippen LogP contribution >= 0.6 is 58.0 Å². The van der Waals surface area contributed by atoms with Gasteiger partial charge in [0.25, 0.3) is 29.5 Å². The van der Waals surface area contributed by atoms with Crippen molar-refractivity contribution in [3.05, 3.63) is 343 Å². The van der Waals surface area contributed by atoms with Crippen molar-refractivity contribution in [3.63, 3.8) is 0 Å². The van der Waals surface area contributed by atoms with Crippen LogP contribution in [0.1, 0.15) is 126 Å². The first-order chi connectivity index (χ1) is 51.7.